The summed E-state index contributed by atoms with van der Waals surface area (Å²) in [6.07, 6.45) is 5.89. The van der Waals surface area contributed by atoms with Crippen molar-refractivity contribution in [1.29, 1.82) is 0 Å². The second-order valence-corrected chi connectivity index (χ2v) is 13.0. The van der Waals surface area contributed by atoms with E-state index in [1.54, 1.807) is 0 Å². The first-order valence-electron chi connectivity index (χ1n) is 16.7. The van der Waals surface area contributed by atoms with Gasteiger partial charge in [-0.3, -0.25) is 9.59 Å². The Morgan fingerprint density at radius 2 is 1.84 bits per heavy atom. The average molecular weight is 700 g/mol. The van der Waals surface area contributed by atoms with Gasteiger partial charge in [-0.2, -0.15) is 0 Å². The highest BCUT2D eigenvalue weighted by molar-refractivity contribution is 6.34. The fraction of sp³-hybridized carbons (Fsp3) is 0.472. The van der Waals surface area contributed by atoms with Gasteiger partial charge in [0.05, 0.1) is 17.2 Å². The molecule has 2 aliphatic rings. The third-order valence-electron chi connectivity index (χ3n) is 9.62. The minimum atomic E-state index is -1.07. The predicted molar refractivity (Wildman–Crippen MR) is 183 cm³/mol. The van der Waals surface area contributed by atoms with E-state index < -0.39 is 34.9 Å². The maximum absolute atomic E-state index is 16.3. The van der Waals surface area contributed by atoms with Crippen LogP contribution in [0.25, 0.3) is 11.1 Å². The van der Waals surface area contributed by atoms with Gasteiger partial charge in [0.2, 0.25) is 5.91 Å². The normalized spacial score (nSPS) is 21.6. The number of carbonyl (C=O) groups is 2. The zero-order chi connectivity index (χ0) is 35.1. The number of halogens is 3. The molecule has 1 aliphatic carbocycles. The summed E-state index contributed by atoms with van der Waals surface area (Å²) in [6.45, 7) is 3.60. The van der Waals surface area contributed by atoms with Gasteiger partial charge in [0, 0.05) is 67.0 Å². The molecule has 0 unspecified atom stereocenters. The van der Waals surface area contributed by atoms with Crippen LogP contribution in [0.15, 0.2) is 42.6 Å². The first-order valence-corrected chi connectivity index (χ1v) is 17.1. The summed E-state index contributed by atoms with van der Waals surface area (Å²) in [4.78, 5) is 29.3. The molecule has 0 spiro atoms. The third-order valence-corrected chi connectivity index (χ3v) is 9.99. The largest absolute Gasteiger partial charge is 0.480 e. The molecule has 1 aliphatic heterocycles. The molecule has 6 N–H and O–H groups in total. The molecule has 49 heavy (non-hydrogen) atoms. The Labute approximate surface area is 290 Å². The van der Waals surface area contributed by atoms with Gasteiger partial charge in [-0.05, 0) is 50.6 Å². The van der Waals surface area contributed by atoms with Crippen molar-refractivity contribution in [2.24, 2.45) is 17.4 Å². The number of aromatic nitrogens is 1. The summed E-state index contributed by atoms with van der Waals surface area (Å²) in [5.74, 6) is -3.56. The van der Waals surface area contributed by atoms with Gasteiger partial charge < -0.3 is 36.3 Å². The van der Waals surface area contributed by atoms with Crippen LogP contribution in [0, 0.1) is 17.6 Å². The van der Waals surface area contributed by atoms with Crippen LogP contribution in [-0.2, 0) is 15.1 Å². The number of ether oxygens (including phenoxy) is 3. The molecule has 2 heterocycles. The number of unbranched alkanes of at least 4 members (excludes halogenated alkanes) is 1. The minimum absolute atomic E-state index is 0.0194. The highest BCUT2D eigenvalue weighted by Crippen LogP contribution is 2.56. The summed E-state index contributed by atoms with van der Waals surface area (Å²) < 4.78 is 49.2. The van der Waals surface area contributed by atoms with Gasteiger partial charge >= 0.3 is 0 Å². The standard InChI is InChI=1S/C36H44ClF2N5O5/c1-21-28-27(18-26(38)31(37)30(28)29-25(33(41)45)19-43-35(32(29)39)48-17-16-47-2)49-36(21,23-8-4-3-5-9-23)20-44-24-12-10-22(11-13-24)34(46)42-15-7-6-14-40/h3-5,8-9,18-19,21-22,24,44H,6-7,10-17,20,40H2,1-2H3,(H2,41,45)(H,42,46)/t21-,22?,24?,36-/m0/s1. The lowest BCUT2D eigenvalue weighted by Crippen LogP contribution is -2.48. The van der Waals surface area contributed by atoms with Crippen molar-refractivity contribution in [2.75, 3.05) is 40.0 Å². The zero-order valence-corrected chi connectivity index (χ0v) is 28.6. The number of benzene rings is 2. The van der Waals surface area contributed by atoms with Crippen molar-refractivity contribution in [3.63, 3.8) is 0 Å². The van der Waals surface area contributed by atoms with E-state index in [-0.39, 0.29) is 58.5 Å². The summed E-state index contributed by atoms with van der Waals surface area (Å²) >= 11 is 6.64. The van der Waals surface area contributed by atoms with Crippen molar-refractivity contribution in [3.05, 3.63) is 75.9 Å². The Morgan fingerprint density at radius 3 is 2.51 bits per heavy atom. The van der Waals surface area contributed by atoms with Crippen LogP contribution in [-0.4, -0.2) is 62.8 Å². The topological polar surface area (TPSA) is 151 Å². The van der Waals surface area contributed by atoms with E-state index in [4.69, 9.17) is 37.3 Å². The van der Waals surface area contributed by atoms with Crippen molar-refractivity contribution >= 4 is 23.4 Å². The summed E-state index contributed by atoms with van der Waals surface area (Å²) in [5, 5.41) is 6.31. The number of rotatable bonds is 15. The molecule has 0 radical (unpaired) electrons. The Balaban J connectivity index is 1.47. The molecule has 5 rings (SSSR count). The molecule has 1 aromatic heterocycles. The van der Waals surface area contributed by atoms with Crippen molar-refractivity contribution in [2.45, 2.75) is 63.0 Å². The Bertz CT molecular complexity index is 1640. The van der Waals surface area contributed by atoms with Crippen molar-refractivity contribution in [1.82, 2.24) is 15.6 Å². The molecular formula is C36H44ClF2N5O5. The quantitative estimate of drug-likeness (QED) is 0.158. The van der Waals surface area contributed by atoms with Gasteiger partial charge in [0.15, 0.2) is 11.4 Å². The summed E-state index contributed by atoms with van der Waals surface area (Å²) in [5.41, 5.74) is 10.8. The van der Waals surface area contributed by atoms with E-state index >= 15 is 8.78 Å². The maximum atomic E-state index is 16.3. The van der Waals surface area contributed by atoms with E-state index in [2.05, 4.69) is 15.6 Å². The number of carbonyl (C=O) groups excluding carboxylic acids is 2. The van der Waals surface area contributed by atoms with Crippen LogP contribution in [0.5, 0.6) is 11.6 Å². The van der Waals surface area contributed by atoms with Crippen LogP contribution in [0.4, 0.5) is 8.78 Å². The molecule has 2 aromatic carbocycles. The number of hydrogen-bond donors (Lipinski definition) is 4. The third kappa shape index (κ3) is 7.67. The van der Waals surface area contributed by atoms with Crippen LogP contribution in [0.3, 0.4) is 0 Å². The second-order valence-electron chi connectivity index (χ2n) is 12.6. The van der Waals surface area contributed by atoms with Gasteiger partial charge in [-0.25, -0.2) is 13.8 Å². The lowest BCUT2D eigenvalue weighted by atomic mass is 9.77. The molecule has 2 atom stereocenters. The highest BCUT2D eigenvalue weighted by Gasteiger charge is 2.50. The number of nitrogens with one attached hydrogen (secondary N) is 2. The molecule has 0 saturated heterocycles. The van der Waals surface area contributed by atoms with Crippen LogP contribution in [0.1, 0.15) is 72.9 Å². The molecule has 10 nitrogen and oxygen atoms in total. The monoisotopic (exact) mass is 699 g/mol. The van der Waals surface area contributed by atoms with Crippen LogP contribution in [0.2, 0.25) is 5.02 Å². The Morgan fingerprint density at radius 1 is 1.10 bits per heavy atom. The number of hydrogen-bond acceptors (Lipinski definition) is 8. The number of nitrogens with zero attached hydrogens (tertiary/aromatic N) is 1. The van der Waals surface area contributed by atoms with Gasteiger partial charge in [-0.1, -0.05) is 48.9 Å². The van der Waals surface area contributed by atoms with Gasteiger partial charge in [0.25, 0.3) is 11.8 Å². The van der Waals surface area contributed by atoms with Crippen LogP contribution < -0.4 is 31.6 Å². The van der Waals surface area contributed by atoms with Gasteiger partial charge in [0.1, 0.15) is 18.2 Å². The van der Waals surface area contributed by atoms with Gasteiger partial charge in [-0.15, -0.1) is 0 Å². The highest BCUT2D eigenvalue weighted by atomic mass is 35.5. The van der Waals surface area contributed by atoms with E-state index in [0.29, 0.717) is 25.2 Å². The Hall–Kier alpha value is -3.84. The maximum Gasteiger partial charge on any atom is 0.251 e. The van der Waals surface area contributed by atoms with Crippen LogP contribution >= 0.6 is 11.6 Å². The first kappa shape index (κ1) is 36.4. The lowest BCUT2D eigenvalue weighted by molar-refractivity contribution is -0.126. The number of amides is 2. The molecule has 1 saturated carbocycles. The first-order chi connectivity index (χ1) is 23.6. The second kappa shape index (κ2) is 16.2. The fourth-order valence-electron chi connectivity index (χ4n) is 6.92. The summed E-state index contributed by atoms with van der Waals surface area (Å²) in [7, 11) is 1.47. The van der Waals surface area contributed by atoms with Crippen molar-refractivity contribution < 1.29 is 32.6 Å². The zero-order valence-electron chi connectivity index (χ0n) is 27.8. The molecular weight excluding hydrogens is 656 g/mol. The number of nitrogens with two attached hydrogens (primary N) is 2. The number of primary amides is 1. The van der Waals surface area contributed by atoms with E-state index in [9.17, 15) is 9.59 Å². The smallest absolute Gasteiger partial charge is 0.251 e. The van der Waals surface area contributed by atoms with E-state index in [0.717, 1.165) is 50.3 Å². The number of fused-ring (bicyclic) bond motifs is 1. The minimum Gasteiger partial charge on any atom is -0.480 e. The molecule has 1 fully saturated rings. The molecule has 0 bridgehead atoms. The van der Waals surface area contributed by atoms with Crippen molar-refractivity contribution in [3.8, 4) is 22.8 Å². The van der Waals surface area contributed by atoms with E-state index in [1.807, 2.05) is 37.3 Å². The predicted octanol–water partition coefficient (Wildman–Crippen LogP) is 5.20. The molecule has 13 heteroatoms. The number of pyridine rings is 1. The molecule has 264 valence electrons. The molecule has 3 aromatic rings. The fourth-order valence-corrected chi connectivity index (χ4v) is 7.17. The SMILES string of the molecule is COCCOc1ncc(C(N)=O)c(-c2c(Cl)c(F)cc3c2[C@H](C)[C@@](CNC2CCC(C(=O)NCCCCN)CC2)(c2ccccc2)O3)c1F. The van der Waals surface area contributed by atoms with E-state index in [1.165, 1.54) is 13.2 Å². The number of methoxy groups -OCH3 is 1. The molecule has 2 amide bonds. The summed E-state index contributed by atoms with van der Waals surface area (Å²) in [6, 6.07) is 10.8. The average Bonchev–Trinajstić information content (AvgIpc) is 3.38. The lowest BCUT2D eigenvalue weighted by Gasteiger charge is -2.37. The Kier molecular flexibility index (Phi) is 12.1.